The lowest BCUT2D eigenvalue weighted by Crippen LogP contribution is -2.02. The second-order valence-electron chi connectivity index (χ2n) is 1.96. The van der Waals surface area contributed by atoms with Gasteiger partial charge in [-0.05, 0) is 6.08 Å². The SMILES string of the molecule is O=C=C1C=CC=CC1C=O. The first-order chi connectivity index (χ1) is 4.88. The van der Waals surface area contributed by atoms with E-state index in [1.807, 2.05) is 0 Å². The highest BCUT2D eigenvalue weighted by Gasteiger charge is 2.09. The Labute approximate surface area is 58.5 Å². The molecule has 0 heterocycles. The van der Waals surface area contributed by atoms with Gasteiger partial charge in [-0.15, -0.1) is 0 Å². The van der Waals surface area contributed by atoms with E-state index in [-0.39, 0.29) is 5.92 Å². The van der Waals surface area contributed by atoms with E-state index in [1.165, 1.54) is 0 Å². The summed E-state index contributed by atoms with van der Waals surface area (Å²) in [6, 6.07) is 0. The van der Waals surface area contributed by atoms with Gasteiger partial charge in [0.05, 0.1) is 5.92 Å². The van der Waals surface area contributed by atoms with Gasteiger partial charge in [0.2, 0.25) is 0 Å². The van der Waals surface area contributed by atoms with Gasteiger partial charge in [0, 0.05) is 5.57 Å². The van der Waals surface area contributed by atoms with Crippen molar-refractivity contribution in [2.75, 3.05) is 0 Å². The highest BCUT2D eigenvalue weighted by Crippen LogP contribution is 2.12. The quantitative estimate of drug-likeness (QED) is 0.390. The Bertz CT molecular complexity index is 242. The molecule has 0 saturated heterocycles. The van der Waals surface area contributed by atoms with Crippen LogP contribution in [0.1, 0.15) is 0 Å². The third-order valence-electron chi connectivity index (χ3n) is 1.33. The standard InChI is InChI=1S/C8H6O2/c9-5-7-3-1-2-4-8(7)6-10/h1-5,7H. The van der Waals surface area contributed by atoms with Crippen LogP contribution >= 0.6 is 0 Å². The molecular formula is C8H6O2. The molecule has 1 rings (SSSR count). The number of allylic oxidation sites excluding steroid dienone is 5. The minimum atomic E-state index is -0.387. The van der Waals surface area contributed by atoms with Crippen LogP contribution in [0.2, 0.25) is 0 Å². The average Bonchev–Trinajstić information content (AvgIpc) is 2.04. The van der Waals surface area contributed by atoms with Crippen LogP contribution in [-0.4, -0.2) is 12.2 Å². The first-order valence-electron chi connectivity index (χ1n) is 2.93. The molecule has 0 radical (unpaired) electrons. The van der Waals surface area contributed by atoms with Gasteiger partial charge in [-0.25, -0.2) is 4.79 Å². The van der Waals surface area contributed by atoms with Crippen LogP contribution in [-0.2, 0) is 9.59 Å². The third kappa shape index (κ3) is 1.12. The minimum absolute atomic E-state index is 0.387. The van der Waals surface area contributed by atoms with Crippen LogP contribution in [0.3, 0.4) is 0 Å². The van der Waals surface area contributed by atoms with Gasteiger partial charge in [0.15, 0.2) is 0 Å². The summed E-state index contributed by atoms with van der Waals surface area (Å²) < 4.78 is 0. The average molecular weight is 134 g/mol. The number of aldehydes is 1. The molecule has 0 bridgehead atoms. The Balaban J connectivity index is 2.94. The fourth-order valence-corrected chi connectivity index (χ4v) is 0.779. The van der Waals surface area contributed by atoms with Crippen LogP contribution < -0.4 is 0 Å². The third-order valence-corrected chi connectivity index (χ3v) is 1.33. The number of hydrogen-bond acceptors (Lipinski definition) is 2. The predicted octanol–water partition coefficient (Wildman–Crippen LogP) is 0.685. The van der Waals surface area contributed by atoms with Crippen molar-refractivity contribution in [1.29, 1.82) is 0 Å². The molecule has 0 aromatic carbocycles. The van der Waals surface area contributed by atoms with Gasteiger partial charge in [0.25, 0.3) is 0 Å². The molecule has 10 heavy (non-hydrogen) atoms. The summed E-state index contributed by atoms with van der Waals surface area (Å²) in [4.78, 5) is 20.4. The first kappa shape index (κ1) is 6.72. The summed E-state index contributed by atoms with van der Waals surface area (Å²) in [5.41, 5.74) is 0.400. The maximum Gasteiger partial charge on any atom is 0.132 e. The van der Waals surface area contributed by atoms with Crippen molar-refractivity contribution in [3.05, 3.63) is 29.9 Å². The molecule has 2 nitrogen and oxygen atoms in total. The summed E-state index contributed by atoms with van der Waals surface area (Å²) in [5, 5.41) is 0. The maximum absolute atomic E-state index is 10.2. The molecule has 0 saturated carbocycles. The molecule has 0 spiro atoms. The van der Waals surface area contributed by atoms with Gasteiger partial charge >= 0.3 is 0 Å². The lowest BCUT2D eigenvalue weighted by atomic mass is 9.98. The zero-order valence-electron chi connectivity index (χ0n) is 5.28. The largest absolute Gasteiger partial charge is 0.302 e. The van der Waals surface area contributed by atoms with Gasteiger partial charge in [0.1, 0.15) is 12.2 Å². The topological polar surface area (TPSA) is 34.1 Å². The highest BCUT2D eigenvalue weighted by atomic mass is 16.1. The molecule has 0 aromatic rings. The molecular weight excluding hydrogens is 128 g/mol. The van der Waals surface area contributed by atoms with Crippen molar-refractivity contribution in [2.24, 2.45) is 5.92 Å². The van der Waals surface area contributed by atoms with E-state index >= 15 is 0 Å². The summed E-state index contributed by atoms with van der Waals surface area (Å²) in [5.74, 6) is 1.32. The molecule has 1 aliphatic rings. The highest BCUT2D eigenvalue weighted by molar-refractivity contribution is 5.73. The molecule has 0 amide bonds. The van der Waals surface area contributed by atoms with Crippen molar-refractivity contribution >= 4 is 12.2 Å². The number of hydrogen-bond donors (Lipinski definition) is 0. The maximum atomic E-state index is 10.2. The fourth-order valence-electron chi connectivity index (χ4n) is 0.779. The van der Waals surface area contributed by atoms with Crippen LogP contribution in [0.5, 0.6) is 0 Å². The second kappa shape index (κ2) is 2.95. The van der Waals surface area contributed by atoms with E-state index < -0.39 is 0 Å². The summed E-state index contributed by atoms with van der Waals surface area (Å²) in [6.07, 6.45) is 7.42. The molecule has 1 unspecified atom stereocenters. The van der Waals surface area contributed by atoms with Gasteiger partial charge < -0.3 is 4.79 Å². The Morgan fingerprint density at radius 2 is 2.30 bits per heavy atom. The van der Waals surface area contributed by atoms with Crippen molar-refractivity contribution in [3.63, 3.8) is 0 Å². The number of carbonyl (C=O) groups excluding carboxylic acids is 2. The molecule has 0 fully saturated rings. The van der Waals surface area contributed by atoms with Gasteiger partial charge in [-0.3, -0.25) is 0 Å². The zero-order chi connectivity index (χ0) is 7.40. The fraction of sp³-hybridized carbons (Fsp3) is 0.125. The Morgan fingerprint density at radius 1 is 1.50 bits per heavy atom. The molecule has 1 atom stereocenters. The van der Waals surface area contributed by atoms with E-state index in [9.17, 15) is 9.59 Å². The van der Waals surface area contributed by atoms with Gasteiger partial charge in [-0.2, -0.15) is 0 Å². The number of rotatable bonds is 1. The summed E-state index contributed by atoms with van der Waals surface area (Å²) >= 11 is 0. The molecule has 0 N–H and O–H groups in total. The van der Waals surface area contributed by atoms with E-state index in [1.54, 1.807) is 30.2 Å². The summed E-state index contributed by atoms with van der Waals surface area (Å²) in [7, 11) is 0. The Hall–Kier alpha value is -1.40. The van der Waals surface area contributed by atoms with Crippen LogP contribution in [0.15, 0.2) is 29.9 Å². The lowest BCUT2D eigenvalue weighted by molar-refractivity contribution is -0.109. The predicted molar refractivity (Wildman–Crippen MR) is 37.0 cm³/mol. The normalized spacial score (nSPS) is 22.4. The Morgan fingerprint density at radius 3 is 2.80 bits per heavy atom. The van der Waals surface area contributed by atoms with E-state index in [0.717, 1.165) is 6.29 Å². The summed E-state index contributed by atoms with van der Waals surface area (Å²) in [6.45, 7) is 0. The van der Waals surface area contributed by atoms with Crippen molar-refractivity contribution in [1.82, 2.24) is 0 Å². The number of carbonyl (C=O) groups is 1. The first-order valence-corrected chi connectivity index (χ1v) is 2.93. The second-order valence-corrected chi connectivity index (χ2v) is 1.96. The zero-order valence-corrected chi connectivity index (χ0v) is 5.28. The van der Waals surface area contributed by atoms with Gasteiger partial charge in [-0.1, -0.05) is 18.2 Å². The van der Waals surface area contributed by atoms with Crippen molar-refractivity contribution in [2.45, 2.75) is 0 Å². The smallest absolute Gasteiger partial charge is 0.132 e. The Kier molecular flexibility index (Phi) is 1.98. The van der Waals surface area contributed by atoms with Crippen LogP contribution in [0.25, 0.3) is 0 Å². The molecule has 2 heteroatoms. The molecule has 1 aliphatic carbocycles. The molecule has 0 aliphatic heterocycles. The van der Waals surface area contributed by atoms with E-state index in [2.05, 4.69) is 0 Å². The van der Waals surface area contributed by atoms with Crippen molar-refractivity contribution in [3.8, 4) is 0 Å². The monoisotopic (exact) mass is 134 g/mol. The van der Waals surface area contributed by atoms with Crippen LogP contribution in [0.4, 0.5) is 0 Å². The van der Waals surface area contributed by atoms with E-state index in [4.69, 9.17) is 0 Å². The van der Waals surface area contributed by atoms with Crippen LogP contribution in [0, 0.1) is 5.92 Å². The minimum Gasteiger partial charge on any atom is -0.302 e. The van der Waals surface area contributed by atoms with E-state index in [0.29, 0.717) is 5.57 Å². The molecule has 0 aromatic heterocycles. The lowest BCUT2D eigenvalue weighted by Gasteiger charge is -2.03. The molecule has 50 valence electrons. The van der Waals surface area contributed by atoms with Crippen molar-refractivity contribution < 1.29 is 9.59 Å².